The molecule has 0 heterocycles. The molecule has 18 heavy (non-hydrogen) atoms. The first-order valence-electron chi connectivity index (χ1n) is 7.23. The molecule has 0 amide bonds. The lowest BCUT2D eigenvalue weighted by molar-refractivity contribution is -0.0666. The minimum absolute atomic E-state index is 0.112. The van der Waals surface area contributed by atoms with Crippen LogP contribution in [0.15, 0.2) is 30.3 Å². The summed E-state index contributed by atoms with van der Waals surface area (Å²) in [6.45, 7) is 0. The molecule has 2 aliphatic carbocycles. The average molecular weight is 245 g/mol. The summed E-state index contributed by atoms with van der Waals surface area (Å²) in [5.74, 6) is 1.42. The third-order valence-electron chi connectivity index (χ3n) is 5.08. The molecule has 0 saturated heterocycles. The lowest BCUT2D eigenvalue weighted by atomic mass is 9.62. The largest absolute Gasteiger partial charge is 0.384 e. The van der Waals surface area contributed by atoms with Crippen LogP contribution in [0.2, 0.25) is 0 Å². The zero-order valence-corrected chi connectivity index (χ0v) is 10.9. The predicted molar refractivity (Wildman–Crippen MR) is 73.0 cm³/mol. The topological polar surface area (TPSA) is 46.2 Å². The van der Waals surface area contributed by atoms with Gasteiger partial charge in [-0.25, -0.2) is 0 Å². The van der Waals surface area contributed by atoms with Gasteiger partial charge >= 0.3 is 0 Å². The lowest BCUT2D eigenvalue weighted by Gasteiger charge is -2.47. The van der Waals surface area contributed by atoms with Crippen molar-refractivity contribution in [2.45, 2.75) is 50.2 Å². The Kier molecular flexibility index (Phi) is 3.16. The highest BCUT2D eigenvalue weighted by Gasteiger charge is 2.46. The van der Waals surface area contributed by atoms with Crippen molar-refractivity contribution in [2.24, 2.45) is 17.6 Å². The van der Waals surface area contributed by atoms with Crippen molar-refractivity contribution < 1.29 is 5.11 Å². The van der Waals surface area contributed by atoms with Crippen molar-refractivity contribution in [3.63, 3.8) is 0 Å². The number of rotatable bonds is 1. The Morgan fingerprint density at radius 3 is 2.44 bits per heavy atom. The van der Waals surface area contributed by atoms with E-state index < -0.39 is 5.60 Å². The van der Waals surface area contributed by atoms with Gasteiger partial charge in [-0.2, -0.15) is 0 Å². The van der Waals surface area contributed by atoms with E-state index in [-0.39, 0.29) is 6.04 Å². The molecule has 0 aromatic heterocycles. The molecule has 3 rings (SSSR count). The van der Waals surface area contributed by atoms with Crippen LogP contribution in [0.3, 0.4) is 0 Å². The molecule has 0 spiro atoms. The molecular weight excluding hydrogens is 222 g/mol. The highest BCUT2D eigenvalue weighted by molar-refractivity contribution is 5.25. The van der Waals surface area contributed by atoms with Crippen LogP contribution >= 0.6 is 0 Å². The zero-order valence-electron chi connectivity index (χ0n) is 10.9. The molecule has 4 atom stereocenters. The highest BCUT2D eigenvalue weighted by Crippen LogP contribution is 2.47. The Balaban J connectivity index is 1.87. The molecule has 0 radical (unpaired) electrons. The average Bonchev–Trinajstić information content (AvgIpc) is 2.41. The van der Waals surface area contributed by atoms with E-state index in [0.717, 1.165) is 24.3 Å². The van der Waals surface area contributed by atoms with Crippen LogP contribution in [-0.2, 0) is 5.60 Å². The molecule has 1 aromatic rings. The predicted octanol–water partition coefficient (Wildman–Crippen LogP) is 2.80. The third-order valence-corrected chi connectivity index (χ3v) is 5.08. The summed E-state index contributed by atoms with van der Waals surface area (Å²) in [7, 11) is 0. The second kappa shape index (κ2) is 4.67. The molecule has 1 aromatic carbocycles. The van der Waals surface area contributed by atoms with E-state index in [1.54, 1.807) is 0 Å². The standard InChI is InChI=1S/C16H23NO/c17-15-10-12-6-4-5-7-13(12)11-16(15,18)14-8-2-1-3-9-14/h1-3,8-9,12-13,15,18H,4-7,10-11,17H2/t12-,13+,15+,16+/m1/s1. The van der Waals surface area contributed by atoms with Crippen LogP contribution in [0.1, 0.15) is 44.1 Å². The van der Waals surface area contributed by atoms with Crippen LogP contribution in [-0.4, -0.2) is 11.1 Å². The molecular formula is C16H23NO. The van der Waals surface area contributed by atoms with Crippen LogP contribution < -0.4 is 5.73 Å². The first kappa shape index (κ1) is 12.2. The molecule has 3 N–H and O–H groups in total. The van der Waals surface area contributed by atoms with Crippen LogP contribution in [0.4, 0.5) is 0 Å². The molecule has 0 bridgehead atoms. The van der Waals surface area contributed by atoms with E-state index >= 15 is 0 Å². The molecule has 2 heteroatoms. The Hall–Kier alpha value is -0.860. The smallest absolute Gasteiger partial charge is 0.105 e. The van der Waals surface area contributed by atoms with Crippen LogP contribution in [0, 0.1) is 11.8 Å². The van der Waals surface area contributed by atoms with E-state index in [0.29, 0.717) is 5.92 Å². The molecule has 2 saturated carbocycles. The molecule has 98 valence electrons. The van der Waals surface area contributed by atoms with E-state index in [9.17, 15) is 5.11 Å². The monoisotopic (exact) mass is 245 g/mol. The summed E-state index contributed by atoms with van der Waals surface area (Å²) < 4.78 is 0. The van der Waals surface area contributed by atoms with Crippen molar-refractivity contribution in [2.75, 3.05) is 0 Å². The maximum Gasteiger partial charge on any atom is 0.105 e. The van der Waals surface area contributed by atoms with Crippen molar-refractivity contribution >= 4 is 0 Å². The van der Waals surface area contributed by atoms with Gasteiger partial charge in [-0.05, 0) is 30.2 Å². The maximum atomic E-state index is 11.0. The van der Waals surface area contributed by atoms with Crippen LogP contribution in [0.5, 0.6) is 0 Å². The summed E-state index contributed by atoms with van der Waals surface area (Å²) >= 11 is 0. The first-order valence-corrected chi connectivity index (χ1v) is 7.23. The van der Waals surface area contributed by atoms with Gasteiger partial charge in [-0.1, -0.05) is 56.0 Å². The minimum Gasteiger partial charge on any atom is -0.384 e. The molecule has 2 fully saturated rings. The maximum absolute atomic E-state index is 11.0. The number of hydrogen-bond acceptors (Lipinski definition) is 2. The first-order chi connectivity index (χ1) is 8.70. The SMILES string of the molecule is N[C@H]1C[C@H]2CCCC[C@H]2C[C@]1(O)c1ccccc1. The quantitative estimate of drug-likeness (QED) is 0.799. The van der Waals surface area contributed by atoms with Gasteiger partial charge in [0, 0.05) is 6.04 Å². The van der Waals surface area contributed by atoms with Gasteiger partial charge in [0.05, 0.1) is 0 Å². The number of aliphatic hydroxyl groups is 1. The molecule has 0 unspecified atom stereocenters. The minimum atomic E-state index is -0.806. The number of benzene rings is 1. The summed E-state index contributed by atoms with van der Waals surface area (Å²) in [6.07, 6.45) is 7.08. The fraction of sp³-hybridized carbons (Fsp3) is 0.625. The summed E-state index contributed by atoms with van der Waals surface area (Å²) in [5, 5.41) is 11.0. The van der Waals surface area contributed by atoms with Gasteiger partial charge in [0.2, 0.25) is 0 Å². The third kappa shape index (κ3) is 1.98. The Morgan fingerprint density at radius 2 is 1.72 bits per heavy atom. The van der Waals surface area contributed by atoms with Crippen LogP contribution in [0.25, 0.3) is 0 Å². The second-order valence-corrected chi connectivity index (χ2v) is 6.14. The Morgan fingerprint density at radius 1 is 1.06 bits per heavy atom. The Bertz CT molecular complexity index is 405. The van der Waals surface area contributed by atoms with E-state index in [4.69, 9.17) is 5.73 Å². The summed E-state index contributed by atoms with van der Waals surface area (Å²) in [5.41, 5.74) is 6.50. The van der Waals surface area contributed by atoms with Gasteiger partial charge in [-0.15, -0.1) is 0 Å². The summed E-state index contributed by atoms with van der Waals surface area (Å²) in [6, 6.07) is 9.90. The van der Waals surface area contributed by atoms with Gasteiger partial charge in [-0.3, -0.25) is 0 Å². The highest BCUT2D eigenvalue weighted by atomic mass is 16.3. The zero-order chi connectivity index (χ0) is 12.6. The van der Waals surface area contributed by atoms with Gasteiger partial charge in [0.25, 0.3) is 0 Å². The van der Waals surface area contributed by atoms with E-state index in [1.165, 1.54) is 25.7 Å². The fourth-order valence-electron chi connectivity index (χ4n) is 3.99. The number of fused-ring (bicyclic) bond motifs is 1. The number of nitrogens with two attached hydrogens (primary N) is 1. The Labute approximate surface area is 109 Å². The van der Waals surface area contributed by atoms with Gasteiger partial charge < -0.3 is 10.8 Å². The molecule has 2 nitrogen and oxygen atoms in total. The molecule has 2 aliphatic rings. The van der Waals surface area contributed by atoms with Crippen molar-refractivity contribution in [1.82, 2.24) is 0 Å². The normalized spacial score (nSPS) is 40.2. The second-order valence-electron chi connectivity index (χ2n) is 6.14. The summed E-state index contributed by atoms with van der Waals surface area (Å²) in [4.78, 5) is 0. The van der Waals surface area contributed by atoms with E-state index in [2.05, 4.69) is 0 Å². The van der Waals surface area contributed by atoms with E-state index in [1.807, 2.05) is 30.3 Å². The van der Waals surface area contributed by atoms with Gasteiger partial charge in [0.1, 0.15) is 5.60 Å². The van der Waals surface area contributed by atoms with Crippen molar-refractivity contribution in [3.8, 4) is 0 Å². The van der Waals surface area contributed by atoms with Crippen molar-refractivity contribution in [3.05, 3.63) is 35.9 Å². The van der Waals surface area contributed by atoms with Gasteiger partial charge in [0.15, 0.2) is 0 Å². The van der Waals surface area contributed by atoms with Crippen molar-refractivity contribution in [1.29, 1.82) is 0 Å². The number of hydrogen-bond donors (Lipinski definition) is 2. The fourth-order valence-corrected chi connectivity index (χ4v) is 3.99. The molecule has 0 aliphatic heterocycles. The lowest BCUT2D eigenvalue weighted by Crippen LogP contribution is -2.53.